The van der Waals surface area contributed by atoms with Crippen LogP contribution in [-0.4, -0.2) is 128 Å². The second-order valence-electron chi connectivity index (χ2n) is 16.7. The number of carbonyl (C=O) groups is 4. The van der Waals surface area contributed by atoms with Crippen molar-refractivity contribution in [3.05, 3.63) is 96.3 Å². The molecule has 2 aliphatic heterocycles. The Morgan fingerprint density at radius 1 is 0.657 bits per heavy atom. The van der Waals surface area contributed by atoms with E-state index >= 15 is 0 Å². The van der Waals surface area contributed by atoms with Crippen molar-refractivity contribution in [3.8, 4) is 45.1 Å². The van der Waals surface area contributed by atoms with Crippen LogP contribution in [0.5, 0.6) is 11.5 Å². The molecule has 4 atom stereocenters. The Labute approximate surface area is 390 Å². The van der Waals surface area contributed by atoms with Gasteiger partial charge in [0.25, 0.3) is 5.91 Å². The highest BCUT2D eigenvalue weighted by Gasteiger charge is 2.39. The Balaban J connectivity index is 1.15. The van der Waals surface area contributed by atoms with Gasteiger partial charge in [-0.3, -0.25) is 9.59 Å². The van der Waals surface area contributed by atoms with Crippen LogP contribution in [0.25, 0.3) is 33.6 Å². The number of hydrogen-bond acceptors (Lipinski definition) is 12. The maximum atomic E-state index is 14.1. The molecule has 67 heavy (non-hydrogen) atoms. The number of nitrogens with one attached hydrogen (secondary N) is 4. The zero-order chi connectivity index (χ0) is 47.5. The molecule has 5 aromatic rings. The van der Waals surface area contributed by atoms with Gasteiger partial charge in [0, 0.05) is 49.6 Å². The molecule has 3 aromatic carbocycles. The van der Waals surface area contributed by atoms with Crippen molar-refractivity contribution in [2.75, 3.05) is 68.0 Å². The number of amides is 4. The van der Waals surface area contributed by atoms with Gasteiger partial charge >= 0.3 is 12.2 Å². The molecule has 0 aliphatic carbocycles. The van der Waals surface area contributed by atoms with Gasteiger partial charge in [0.15, 0.2) is 0 Å². The van der Waals surface area contributed by atoms with Gasteiger partial charge in [0.2, 0.25) is 5.91 Å². The molecule has 18 nitrogen and oxygen atoms in total. The lowest BCUT2D eigenvalue weighted by Gasteiger charge is -2.30. The standard InChI is InChI=1S/C49H60N8O10/c1-30(2)42(54-48(60)64-5)46(58)56-20-10-14-38(56)44-50-28-36(52-44)32-16-18-34(40(26-32)66-24-22-62-3)35-19-17-33(27-41(35)67-25-23-63-4)37-29-51-45(53-37)39-15-11-21-57(39)47(59)43(55-49(61)65-6)31-12-8-7-9-13-31/h7-9,12-13,16-19,26-30,38-39,42-43H,10-11,14-15,20-25H2,1-6H3,(H,50,52)(H,51,53)(H,54,60)(H,55,61)/t38-,39-,42-,43+/m0/s1. The van der Waals surface area contributed by atoms with Crippen molar-refractivity contribution in [2.45, 2.75) is 63.7 Å². The highest BCUT2D eigenvalue weighted by Crippen LogP contribution is 2.42. The fraction of sp³-hybridized carbons (Fsp3) is 0.429. The third kappa shape index (κ3) is 11.2. The van der Waals surface area contributed by atoms with E-state index in [1.165, 1.54) is 14.2 Å². The number of nitrogens with zero attached hydrogens (tertiary/aromatic N) is 4. The number of carbonyl (C=O) groups excluding carboxylic acids is 4. The number of likely N-dealkylation sites (tertiary alicyclic amines) is 2. The number of rotatable bonds is 19. The van der Waals surface area contributed by atoms with Crippen LogP contribution >= 0.6 is 0 Å². The van der Waals surface area contributed by atoms with E-state index in [2.05, 4.69) is 20.6 Å². The summed E-state index contributed by atoms with van der Waals surface area (Å²) in [6, 6.07) is 18.6. The van der Waals surface area contributed by atoms with Crippen molar-refractivity contribution >= 4 is 24.0 Å². The molecule has 7 rings (SSSR count). The Kier molecular flexibility index (Phi) is 16.1. The summed E-state index contributed by atoms with van der Waals surface area (Å²) in [4.78, 5) is 72.3. The maximum absolute atomic E-state index is 14.1. The molecule has 4 amide bonds. The van der Waals surface area contributed by atoms with Crippen molar-refractivity contribution in [1.29, 1.82) is 0 Å². The van der Waals surface area contributed by atoms with Gasteiger partial charge < -0.3 is 58.8 Å². The molecule has 0 spiro atoms. The quantitative estimate of drug-likeness (QED) is 0.0618. The first-order valence-corrected chi connectivity index (χ1v) is 22.5. The second kappa shape index (κ2) is 22.5. The molecule has 2 saturated heterocycles. The fourth-order valence-electron chi connectivity index (χ4n) is 8.62. The van der Waals surface area contributed by atoms with Gasteiger partial charge in [-0.25, -0.2) is 19.6 Å². The van der Waals surface area contributed by atoms with Gasteiger partial charge in [0.1, 0.15) is 48.4 Å². The predicted octanol–water partition coefficient (Wildman–Crippen LogP) is 6.99. The summed E-state index contributed by atoms with van der Waals surface area (Å²) in [6.45, 7) is 6.12. The highest BCUT2D eigenvalue weighted by atomic mass is 16.5. The van der Waals surface area contributed by atoms with Crippen LogP contribution in [0.4, 0.5) is 9.59 Å². The number of benzene rings is 3. The van der Waals surface area contributed by atoms with Crippen molar-refractivity contribution in [3.63, 3.8) is 0 Å². The van der Waals surface area contributed by atoms with E-state index < -0.39 is 24.3 Å². The number of alkyl carbamates (subject to hydrolysis) is 2. The van der Waals surface area contributed by atoms with E-state index in [-0.39, 0.29) is 43.0 Å². The molecule has 2 aromatic heterocycles. The average molecular weight is 921 g/mol. The smallest absolute Gasteiger partial charge is 0.407 e. The molecule has 4 heterocycles. The topological polar surface area (TPSA) is 212 Å². The van der Waals surface area contributed by atoms with Crippen LogP contribution in [0.15, 0.2) is 79.1 Å². The zero-order valence-corrected chi connectivity index (χ0v) is 38.8. The van der Waals surface area contributed by atoms with Crippen LogP contribution < -0.4 is 20.1 Å². The van der Waals surface area contributed by atoms with Gasteiger partial charge in [-0.15, -0.1) is 0 Å². The zero-order valence-electron chi connectivity index (χ0n) is 38.8. The first-order valence-electron chi connectivity index (χ1n) is 22.5. The van der Waals surface area contributed by atoms with Gasteiger partial charge in [0.05, 0.1) is 63.3 Å². The highest BCUT2D eigenvalue weighted by molar-refractivity contribution is 5.88. The van der Waals surface area contributed by atoms with E-state index in [9.17, 15) is 19.2 Å². The normalized spacial score (nSPS) is 16.7. The lowest BCUT2D eigenvalue weighted by molar-refractivity contribution is -0.135. The van der Waals surface area contributed by atoms with Crippen LogP contribution in [0.1, 0.15) is 74.9 Å². The number of methoxy groups -OCH3 is 4. The average Bonchev–Trinajstić information content (AvgIpc) is 4.20. The molecule has 356 valence electrons. The molecule has 0 unspecified atom stereocenters. The second-order valence-corrected chi connectivity index (χ2v) is 16.7. The van der Waals surface area contributed by atoms with Crippen LogP contribution in [0.2, 0.25) is 0 Å². The molecule has 4 N–H and O–H groups in total. The fourth-order valence-corrected chi connectivity index (χ4v) is 8.62. The number of aromatic nitrogens is 4. The van der Waals surface area contributed by atoms with Gasteiger partial charge in [-0.05, 0) is 61.4 Å². The van der Waals surface area contributed by atoms with Crippen LogP contribution in [0, 0.1) is 5.92 Å². The molecular formula is C49H60N8O10. The minimum Gasteiger partial charge on any atom is -0.491 e. The minimum atomic E-state index is -0.931. The Morgan fingerprint density at radius 2 is 1.15 bits per heavy atom. The SMILES string of the molecule is COCCOc1cc(-c2cnc([C@@H]3CCCN3C(=O)[C@@H](NC(=O)OC)C(C)C)[nH]2)ccc1-c1ccc(-c2cnc([C@@H]3CCCN3C(=O)[C@H](NC(=O)OC)c3ccccc3)[nH]2)cc1OCCOC. The Bertz CT molecular complexity index is 2470. The maximum Gasteiger partial charge on any atom is 0.407 e. The number of aromatic amines is 2. The van der Waals surface area contributed by atoms with Gasteiger partial charge in [-0.1, -0.05) is 56.3 Å². The molecule has 2 fully saturated rings. The number of imidazole rings is 2. The summed E-state index contributed by atoms with van der Waals surface area (Å²) in [5.41, 5.74) is 5.31. The van der Waals surface area contributed by atoms with Crippen molar-refractivity contribution in [2.24, 2.45) is 5.92 Å². The summed E-state index contributed by atoms with van der Waals surface area (Å²) >= 11 is 0. The first kappa shape index (κ1) is 48.0. The van der Waals surface area contributed by atoms with E-state index in [0.29, 0.717) is 61.4 Å². The molecular weight excluding hydrogens is 861 g/mol. The third-order valence-corrected chi connectivity index (χ3v) is 12.1. The molecule has 0 bridgehead atoms. The summed E-state index contributed by atoms with van der Waals surface area (Å²) < 4.78 is 33.1. The molecule has 2 aliphatic rings. The van der Waals surface area contributed by atoms with E-state index in [0.717, 1.165) is 52.9 Å². The molecule has 18 heteroatoms. The number of ether oxygens (including phenoxy) is 6. The predicted molar refractivity (Wildman–Crippen MR) is 248 cm³/mol. The Hall–Kier alpha value is -6.92. The van der Waals surface area contributed by atoms with Crippen LogP contribution in [-0.2, 0) is 28.5 Å². The monoisotopic (exact) mass is 920 g/mol. The van der Waals surface area contributed by atoms with Crippen molar-refractivity contribution in [1.82, 2.24) is 40.4 Å². The minimum absolute atomic E-state index is 0.152. The lowest BCUT2D eigenvalue weighted by atomic mass is 9.98. The van der Waals surface area contributed by atoms with E-state index in [1.807, 2.05) is 68.4 Å². The molecule has 0 radical (unpaired) electrons. The Morgan fingerprint density at radius 3 is 1.63 bits per heavy atom. The largest absolute Gasteiger partial charge is 0.491 e. The number of H-pyrrole nitrogens is 2. The van der Waals surface area contributed by atoms with E-state index in [4.69, 9.17) is 38.4 Å². The van der Waals surface area contributed by atoms with Crippen molar-refractivity contribution < 1.29 is 47.6 Å². The summed E-state index contributed by atoms with van der Waals surface area (Å²) in [5, 5.41) is 5.42. The van der Waals surface area contributed by atoms with Crippen LogP contribution in [0.3, 0.4) is 0 Å². The summed E-state index contributed by atoms with van der Waals surface area (Å²) in [5.74, 6) is 1.87. The van der Waals surface area contributed by atoms with Gasteiger partial charge in [-0.2, -0.15) is 0 Å². The summed E-state index contributed by atoms with van der Waals surface area (Å²) in [7, 11) is 5.78. The number of hydrogen-bond donors (Lipinski definition) is 4. The lowest BCUT2D eigenvalue weighted by Crippen LogP contribution is -2.51. The first-order chi connectivity index (χ1) is 32.5. The molecule has 0 saturated carbocycles. The summed E-state index contributed by atoms with van der Waals surface area (Å²) in [6.07, 6.45) is 5.13. The third-order valence-electron chi connectivity index (χ3n) is 12.1. The van der Waals surface area contributed by atoms with E-state index in [1.54, 1.807) is 48.5 Å².